The molecule has 0 aliphatic heterocycles. The second-order valence-electron chi connectivity index (χ2n) is 4.12. The minimum Gasteiger partial charge on any atom is -0.396 e. The summed E-state index contributed by atoms with van der Waals surface area (Å²) >= 11 is 0. The van der Waals surface area contributed by atoms with Crippen molar-refractivity contribution in [1.82, 2.24) is 4.31 Å². The molecule has 0 aliphatic carbocycles. The van der Waals surface area contributed by atoms with Gasteiger partial charge in [-0.2, -0.15) is 0 Å². The maximum atomic E-state index is 12.1. The van der Waals surface area contributed by atoms with Gasteiger partial charge in [-0.3, -0.25) is 0 Å². The lowest BCUT2D eigenvalue weighted by atomic mass is 10.2. The average Bonchev–Trinajstić information content (AvgIpc) is 2.29. The summed E-state index contributed by atoms with van der Waals surface area (Å²) in [5.41, 5.74) is 6.70. The Morgan fingerprint density at radius 1 is 1.28 bits per heavy atom. The highest BCUT2D eigenvalue weighted by atomic mass is 32.2. The first kappa shape index (κ1) is 14.7. The van der Waals surface area contributed by atoms with Crippen molar-refractivity contribution in [2.24, 2.45) is 0 Å². The molecule has 0 saturated carbocycles. The van der Waals surface area contributed by atoms with Gasteiger partial charge in [-0.05, 0) is 12.1 Å². The van der Waals surface area contributed by atoms with Crippen LogP contribution < -0.4 is 10.6 Å². The van der Waals surface area contributed by atoms with Crippen LogP contribution in [-0.4, -0.2) is 52.1 Å². The number of hydrogen-bond acceptors (Lipinski definition) is 5. The summed E-state index contributed by atoms with van der Waals surface area (Å²) in [5.74, 6) is 0. The van der Waals surface area contributed by atoms with E-state index in [1.807, 2.05) is 0 Å². The van der Waals surface area contributed by atoms with Crippen LogP contribution in [0.4, 0.5) is 11.4 Å². The maximum Gasteiger partial charge on any atom is 0.244 e. The smallest absolute Gasteiger partial charge is 0.244 e. The lowest BCUT2D eigenvalue weighted by Crippen LogP contribution is -2.26. The van der Waals surface area contributed by atoms with Gasteiger partial charge in [0.1, 0.15) is 4.90 Å². The summed E-state index contributed by atoms with van der Waals surface area (Å²) in [5, 5.41) is 8.90. The number of para-hydroxylation sites is 1. The van der Waals surface area contributed by atoms with E-state index in [9.17, 15) is 8.42 Å². The van der Waals surface area contributed by atoms with Crippen molar-refractivity contribution < 1.29 is 13.5 Å². The molecule has 0 aliphatic rings. The average molecular weight is 273 g/mol. The molecule has 18 heavy (non-hydrogen) atoms. The second-order valence-corrected chi connectivity index (χ2v) is 6.24. The summed E-state index contributed by atoms with van der Waals surface area (Å²) in [6.45, 7) is 0.357. The molecule has 0 spiro atoms. The van der Waals surface area contributed by atoms with Crippen LogP contribution in [0.5, 0.6) is 0 Å². The lowest BCUT2D eigenvalue weighted by Gasteiger charge is -2.22. The van der Waals surface area contributed by atoms with Crippen LogP contribution in [-0.2, 0) is 10.0 Å². The Morgan fingerprint density at radius 3 is 2.39 bits per heavy atom. The van der Waals surface area contributed by atoms with Gasteiger partial charge in [0.2, 0.25) is 10.0 Å². The highest BCUT2D eigenvalue weighted by Gasteiger charge is 2.22. The van der Waals surface area contributed by atoms with Crippen molar-refractivity contribution in [2.45, 2.75) is 4.90 Å². The van der Waals surface area contributed by atoms with E-state index >= 15 is 0 Å². The van der Waals surface area contributed by atoms with Crippen molar-refractivity contribution in [3.05, 3.63) is 18.2 Å². The van der Waals surface area contributed by atoms with Crippen molar-refractivity contribution in [1.29, 1.82) is 0 Å². The Balaban J connectivity index is 3.30. The van der Waals surface area contributed by atoms with Crippen LogP contribution >= 0.6 is 0 Å². The molecule has 0 aromatic heterocycles. The number of likely N-dealkylation sites (N-methyl/N-ethyl adjacent to an activating group) is 1. The Kier molecular flexibility index (Phi) is 4.55. The standard InChI is InChI=1S/C11H19N3O3S/c1-13(2)18(16,17)10-6-4-5-9(11(10)12)14(3)7-8-15/h4-6,15H,7-8,12H2,1-3H3. The Hall–Kier alpha value is -1.31. The zero-order valence-electron chi connectivity index (χ0n) is 10.8. The van der Waals surface area contributed by atoms with E-state index in [1.54, 1.807) is 24.1 Å². The number of nitrogens with two attached hydrogens (primary N) is 1. The number of nitrogen functional groups attached to an aromatic ring is 1. The fourth-order valence-electron chi connectivity index (χ4n) is 1.56. The summed E-state index contributed by atoms with van der Waals surface area (Å²) in [7, 11) is 1.10. The molecule has 7 heteroatoms. The first-order chi connectivity index (χ1) is 8.32. The van der Waals surface area contributed by atoms with Crippen LogP contribution in [0.3, 0.4) is 0 Å². The molecule has 1 aromatic rings. The molecular weight excluding hydrogens is 254 g/mol. The normalized spacial score (nSPS) is 11.8. The zero-order chi connectivity index (χ0) is 13.9. The second kappa shape index (κ2) is 5.55. The van der Waals surface area contributed by atoms with Gasteiger partial charge in [-0.1, -0.05) is 6.07 Å². The van der Waals surface area contributed by atoms with E-state index in [4.69, 9.17) is 10.8 Å². The number of benzene rings is 1. The molecule has 0 fully saturated rings. The molecule has 0 radical (unpaired) electrons. The lowest BCUT2D eigenvalue weighted by molar-refractivity contribution is 0.304. The molecule has 0 saturated heterocycles. The molecule has 0 unspecified atom stereocenters. The fourth-order valence-corrected chi connectivity index (χ4v) is 2.58. The van der Waals surface area contributed by atoms with Crippen LogP contribution in [0.25, 0.3) is 0 Å². The highest BCUT2D eigenvalue weighted by Crippen LogP contribution is 2.30. The van der Waals surface area contributed by atoms with E-state index < -0.39 is 10.0 Å². The largest absolute Gasteiger partial charge is 0.396 e. The van der Waals surface area contributed by atoms with Crippen LogP contribution in [0.15, 0.2) is 23.1 Å². The number of sulfonamides is 1. The van der Waals surface area contributed by atoms with Crippen molar-refractivity contribution in [3.63, 3.8) is 0 Å². The van der Waals surface area contributed by atoms with Gasteiger partial charge in [0.15, 0.2) is 0 Å². The van der Waals surface area contributed by atoms with Crippen molar-refractivity contribution in [2.75, 3.05) is 44.9 Å². The van der Waals surface area contributed by atoms with Crippen molar-refractivity contribution in [3.8, 4) is 0 Å². The molecule has 3 N–H and O–H groups in total. The minimum absolute atomic E-state index is 0.0272. The highest BCUT2D eigenvalue weighted by molar-refractivity contribution is 7.89. The number of anilines is 2. The van der Waals surface area contributed by atoms with E-state index in [0.717, 1.165) is 4.31 Å². The van der Waals surface area contributed by atoms with Gasteiger partial charge < -0.3 is 15.7 Å². The molecule has 0 atom stereocenters. The summed E-state index contributed by atoms with van der Waals surface area (Å²) in [6.07, 6.45) is 0. The van der Waals surface area contributed by atoms with Gasteiger partial charge in [-0.25, -0.2) is 12.7 Å². The number of aliphatic hydroxyl groups is 1. The number of aliphatic hydroxyl groups excluding tert-OH is 1. The molecule has 6 nitrogen and oxygen atoms in total. The topological polar surface area (TPSA) is 86.9 Å². The van der Waals surface area contributed by atoms with Gasteiger partial charge in [0.05, 0.1) is 18.0 Å². The van der Waals surface area contributed by atoms with Crippen LogP contribution in [0.2, 0.25) is 0 Å². The van der Waals surface area contributed by atoms with Crippen LogP contribution in [0.1, 0.15) is 0 Å². The van der Waals surface area contributed by atoms with Gasteiger partial charge in [-0.15, -0.1) is 0 Å². The number of hydrogen-bond donors (Lipinski definition) is 2. The Morgan fingerprint density at radius 2 is 1.89 bits per heavy atom. The molecule has 0 heterocycles. The third-order valence-electron chi connectivity index (χ3n) is 2.65. The number of nitrogens with zero attached hydrogens (tertiary/aromatic N) is 2. The summed E-state index contributed by atoms with van der Waals surface area (Å²) in [4.78, 5) is 1.79. The maximum absolute atomic E-state index is 12.1. The predicted octanol–water partition coefficient (Wildman–Crippen LogP) is -0.0524. The molecule has 0 bridgehead atoms. The SMILES string of the molecule is CN(CCO)c1cccc(S(=O)(=O)N(C)C)c1N. The van der Waals surface area contributed by atoms with E-state index in [1.165, 1.54) is 20.2 Å². The third-order valence-corrected chi connectivity index (χ3v) is 4.52. The van der Waals surface area contributed by atoms with Crippen molar-refractivity contribution >= 4 is 21.4 Å². The van der Waals surface area contributed by atoms with Gasteiger partial charge in [0.25, 0.3) is 0 Å². The zero-order valence-corrected chi connectivity index (χ0v) is 11.6. The first-order valence-electron chi connectivity index (χ1n) is 5.45. The minimum atomic E-state index is -3.56. The molecule has 1 rings (SSSR count). The molecule has 0 amide bonds. The monoisotopic (exact) mass is 273 g/mol. The quantitative estimate of drug-likeness (QED) is 0.734. The predicted molar refractivity (Wildman–Crippen MR) is 72.1 cm³/mol. The first-order valence-corrected chi connectivity index (χ1v) is 6.89. The molecular formula is C11H19N3O3S. The Labute approximate surface area is 108 Å². The van der Waals surface area contributed by atoms with Gasteiger partial charge >= 0.3 is 0 Å². The molecule has 102 valence electrons. The molecule has 1 aromatic carbocycles. The van der Waals surface area contributed by atoms with E-state index in [2.05, 4.69) is 0 Å². The Bertz CT molecular complexity index is 514. The number of rotatable bonds is 5. The summed E-state index contributed by atoms with van der Waals surface area (Å²) < 4.78 is 25.2. The third kappa shape index (κ3) is 2.74. The van der Waals surface area contributed by atoms with Gasteiger partial charge in [0, 0.05) is 27.7 Å². The van der Waals surface area contributed by atoms with Crippen LogP contribution in [0, 0.1) is 0 Å². The summed E-state index contributed by atoms with van der Waals surface area (Å²) in [6, 6.07) is 4.83. The van der Waals surface area contributed by atoms with E-state index in [0.29, 0.717) is 12.2 Å². The van der Waals surface area contributed by atoms with E-state index in [-0.39, 0.29) is 17.2 Å². The fraction of sp³-hybridized carbons (Fsp3) is 0.455.